The number of allylic oxidation sites excluding steroid dienone is 12. The minimum absolute atomic E-state index is 0.0723. The van der Waals surface area contributed by atoms with E-state index in [1.54, 1.807) is 0 Å². The maximum atomic E-state index is 12.9. The summed E-state index contributed by atoms with van der Waals surface area (Å²) in [7, 11) is 0. The van der Waals surface area contributed by atoms with Crippen molar-refractivity contribution in [3.8, 4) is 0 Å². The summed E-state index contributed by atoms with van der Waals surface area (Å²) in [5, 5.41) is 0. The van der Waals surface area contributed by atoms with Crippen LogP contribution in [0.25, 0.3) is 0 Å². The molecule has 0 fully saturated rings. The number of hydrogen-bond acceptors (Lipinski definition) is 5. The van der Waals surface area contributed by atoms with Gasteiger partial charge >= 0.3 is 11.9 Å². The van der Waals surface area contributed by atoms with Crippen LogP contribution in [0.5, 0.6) is 0 Å². The first-order chi connectivity index (χ1) is 32.6. The molecule has 0 saturated carbocycles. The fourth-order valence-electron chi connectivity index (χ4n) is 7.89. The van der Waals surface area contributed by atoms with Crippen molar-refractivity contribution in [2.45, 2.75) is 284 Å². The van der Waals surface area contributed by atoms with E-state index in [4.69, 9.17) is 14.2 Å². The van der Waals surface area contributed by atoms with E-state index in [1.165, 1.54) is 173 Å². The summed E-state index contributed by atoms with van der Waals surface area (Å²) in [5.74, 6) is -0.414. The third-order valence-electron chi connectivity index (χ3n) is 12.2. The summed E-state index contributed by atoms with van der Waals surface area (Å²) in [6, 6.07) is 0. The molecule has 0 heterocycles. The molecule has 0 spiro atoms. The fraction of sp³-hybridized carbons (Fsp3) is 0.770. The van der Waals surface area contributed by atoms with Gasteiger partial charge in [0, 0.05) is 19.4 Å². The standard InChI is InChI=1S/C61H108O5/c1-4-7-10-13-16-19-22-25-28-31-33-36-39-42-45-48-51-54-60(62)65-58-59(57-64-56-53-50-47-44-41-38-35-30-27-24-21-18-15-12-9-6-3)66-61(63)55-52-49-46-43-40-37-34-32-29-26-23-20-17-14-11-8-5-2/h16-21,25-30,59H,4-15,22-24,31-58H2,1-3H3/b19-16-,20-17-,21-18-,28-25-,29-26-,30-27-. The summed E-state index contributed by atoms with van der Waals surface area (Å²) in [5.41, 5.74) is 0. The zero-order valence-corrected chi connectivity index (χ0v) is 44.0. The lowest BCUT2D eigenvalue weighted by molar-refractivity contribution is -0.163. The first-order valence-electron chi connectivity index (χ1n) is 28.5. The van der Waals surface area contributed by atoms with Crippen molar-refractivity contribution in [3.63, 3.8) is 0 Å². The molecule has 0 aliphatic carbocycles. The Morgan fingerprint density at radius 1 is 0.333 bits per heavy atom. The lowest BCUT2D eigenvalue weighted by Gasteiger charge is -2.18. The van der Waals surface area contributed by atoms with Crippen molar-refractivity contribution < 1.29 is 23.8 Å². The Kier molecular flexibility index (Phi) is 54.4. The highest BCUT2D eigenvalue weighted by atomic mass is 16.6. The highest BCUT2D eigenvalue weighted by Gasteiger charge is 2.17. The lowest BCUT2D eigenvalue weighted by Crippen LogP contribution is -2.30. The van der Waals surface area contributed by atoms with Crippen LogP contribution < -0.4 is 0 Å². The molecule has 0 aliphatic heterocycles. The molecule has 1 atom stereocenters. The largest absolute Gasteiger partial charge is 0.462 e. The molecule has 0 saturated heterocycles. The van der Waals surface area contributed by atoms with Crippen molar-refractivity contribution in [1.29, 1.82) is 0 Å². The Morgan fingerprint density at radius 2 is 0.636 bits per heavy atom. The van der Waals surface area contributed by atoms with Gasteiger partial charge in [-0.05, 0) is 116 Å². The minimum atomic E-state index is -0.552. The molecule has 0 aliphatic rings. The van der Waals surface area contributed by atoms with Crippen molar-refractivity contribution in [3.05, 3.63) is 72.9 Å². The molecule has 0 aromatic heterocycles. The van der Waals surface area contributed by atoms with Gasteiger partial charge in [0.15, 0.2) is 6.10 Å². The molecule has 0 aromatic rings. The van der Waals surface area contributed by atoms with E-state index in [0.29, 0.717) is 19.4 Å². The van der Waals surface area contributed by atoms with Crippen molar-refractivity contribution >= 4 is 11.9 Å². The van der Waals surface area contributed by atoms with Crippen LogP contribution in [0.3, 0.4) is 0 Å². The number of rotatable bonds is 52. The van der Waals surface area contributed by atoms with Crippen molar-refractivity contribution in [1.82, 2.24) is 0 Å². The second-order valence-electron chi connectivity index (χ2n) is 18.8. The van der Waals surface area contributed by atoms with Crippen LogP contribution in [0.2, 0.25) is 0 Å². The Hall–Kier alpha value is -2.66. The molecule has 382 valence electrons. The fourth-order valence-corrected chi connectivity index (χ4v) is 7.89. The third kappa shape index (κ3) is 54.0. The quantitative estimate of drug-likeness (QED) is 0.0346. The van der Waals surface area contributed by atoms with Gasteiger partial charge in [0.2, 0.25) is 0 Å². The molecule has 5 nitrogen and oxygen atoms in total. The lowest BCUT2D eigenvalue weighted by atomic mass is 10.1. The maximum Gasteiger partial charge on any atom is 0.306 e. The van der Waals surface area contributed by atoms with Crippen LogP contribution in [-0.2, 0) is 23.8 Å². The first kappa shape index (κ1) is 63.3. The van der Waals surface area contributed by atoms with E-state index in [9.17, 15) is 9.59 Å². The van der Waals surface area contributed by atoms with Gasteiger partial charge in [-0.15, -0.1) is 0 Å². The highest BCUT2D eigenvalue weighted by molar-refractivity contribution is 5.70. The van der Waals surface area contributed by atoms with Gasteiger partial charge in [0.25, 0.3) is 0 Å². The van der Waals surface area contributed by atoms with Crippen LogP contribution in [-0.4, -0.2) is 37.9 Å². The molecule has 0 radical (unpaired) electrons. The average molecular weight is 922 g/mol. The summed E-state index contributed by atoms with van der Waals surface area (Å²) in [4.78, 5) is 25.5. The molecular formula is C61H108O5. The summed E-state index contributed by atoms with van der Waals surface area (Å²) < 4.78 is 17.5. The number of unbranched alkanes of at least 4 members (excludes halogenated alkanes) is 29. The van der Waals surface area contributed by atoms with E-state index in [1.807, 2.05) is 0 Å². The van der Waals surface area contributed by atoms with E-state index >= 15 is 0 Å². The Bertz CT molecular complexity index is 1180. The molecule has 0 aromatic carbocycles. The van der Waals surface area contributed by atoms with Gasteiger partial charge in [-0.2, -0.15) is 0 Å². The van der Waals surface area contributed by atoms with Gasteiger partial charge in [0.1, 0.15) is 6.61 Å². The predicted octanol–water partition coefficient (Wildman–Crippen LogP) is 19.5. The van der Waals surface area contributed by atoms with Crippen LogP contribution in [0.15, 0.2) is 72.9 Å². The molecule has 66 heavy (non-hydrogen) atoms. The van der Waals surface area contributed by atoms with Gasteiger partial charge in [-0.1, -0.05) is 222 Å². The molecule has 1 unspecified atom stereocenters. The predicted molar refractivity (Wildman–Crippen MR) is 288 cm³/mol. The van der Waals surface area contributed by atoms with Crippen LogP contribution in [0.1, 0.15) is 278 Å². The molecule has 0 rings (SSSR count). The van der Waals surface area contributed by atoms with Gasteiger partial charge in [-0.25, -0.2) is 0 Å². The third-order valence-corrected chi connectivity index (χ3v) is 12.2. The molecule has 0 N–H and O–H groups in total. The molecule has 0 amide bonds. The maximum absolute atomic E-state index is 12.9. The van der Waals surface area contributed by atoms with E-state index in [-0.39, 0.29) is 25.2 Å². The monoisotopic (exact) mass is 921 g/mol. The van der Waals surface area contributed by atoms with Crippen LogP contribution in [0.4, 0.5) is 0 Å². The summed E-state index contributed by atoms with van der Waals surface area (Å²) >= 11 is 0. The number of carbonyl (C=O) groups excluding carboxylic acids is 2. The number of hydrogen-bond donors (Lipinski definition) is 0. The normalized spacial score (nSPS) is 12.7. The van der Waals surface area contributed by atoms with Crippen molar-refractivity contribution in [2.75, 3.05) is 19.8 Å². The zero-order chi connectivity index (χ0) is 47.7. The van der Waals surface area contributed by atoms with Gasteiger partial charge < -0.3 is 14.2 Å². The Balaban J connectivity index is 4.32. The average Bonchev–Trinajstić information content (AvgIpc) is 3.32. The second kappa shape index (κ2) is 56.7. The first-order valence-corrected chi connectivity index (χ1v) is 28.5. The van der Waals surface area contributed by atoms with E-state index in [0.717, 1.165) is 70.6 Å². The van der Waals surface area contributed by atoms with Crippen LogP contribution >= 0.6 is 0 Å². The van der Waals surface area contributed by atoms with Crippen molar-refractivity contribution in [2.24, 2.45) is 0 Å². The number of carbonyl (C=O) groups is 2. The van der Waals surface area contributed by atoms with E-state index in [2.05, 4.69) is 93.7 Å². The van der Waals surface area contributed by atoms with E-state index < -0.39 is 6.10 Å². The van der Waals surface area contributed by atoms with Gasteiger partial charge in [-0.3, -0.25) is 9.59 Å². The summed E-state index contributed by atoms with van der Waals surface area (Å²) in [6.45, 7) is 7.74. The Labute approximate surface area is 410 Å². The highest BCUT2D eigenvalue weighted by Crippen LogP contribution is 2.14. The molecular weight excluding hydrogens is 813 g/mol. The smallest absolute Gasteiger partial charge is 0.306 e. The summed E-state index contributed by atoms with van der Waals surface area (Å²) in [6.07, 6.45) is 73.4. The topological polar surface area (TPSA) is 61.8 Å². The molecule has 5 heteroatoms. The number of esters is 2. The zero-order valence-electron chi connectivity index (χ0n) is 44.0. The molecule has 0 bridgehead atoms. The minimum Gasteiger partial charge on any atom is -0.462 e. The van der Waals surface area contributed by atoms with Crippen LogP contribution in [0, 0.1) is 0 Å². The Morgan fingerprint density at radius 3 is 1.00 bits per heavy atom. The second-order valence-corrected chi connectivity index (χ2v) is 18.8. The van der Waals surface area contributed by atoms with Gasteiger partial charge in [0.05, 0.1) is 6.61 Å². The SMILES string of the molecule is CCCCC/C=C\C/C=C\CCCCCCCCCC(=O)OCC(COCCCCCCCC/C=C\C/C=C\CCCCC)OC(=O)CCCCCCCCC/C=C\C/C=C\CCCCC. The number of ether oxygens (including phenoxy) is 3.